The SMILES string of the molecule is O=C(O)c1occc1CNCC1CCCS1. The third kappa shape index (κ3) is 2.80. The van der Waals surface area contributed by atoms with Gasteiger partial charge in [0.05, 0.1) is 6.26 Å². The Kier molecular flexibility index (Phi) is 3.90. The molecule has 0 aromatic carbocycles. The number of rotatable bonds is 5. The first-order valence-electron chi connectivity index (χ1n) is 5.39. The van der Waals surface area contributed by atoms with Crippen molar-refractivity contribution in [3.63, 3.8) is 0 Å². The molecule has 1 atom stereocenters. The Balaban J connectivity index is 1.80. The van der Waals surface area contributed by atoms with E-state index in [4.69, 9.17) is 9.52 Å². The lowest BCUT2D eigenvalue weighted by molar-refractivity contribution is 0.0660. The van der Waals surface area contributed by atoms with E-state index in [1.54, 1.807) is 6.07 Å². The Hall–Kier alpha value is -0.940. The van der Waals surface area contributed by atoms with Crippen molar-refractivity contribution in [3.05, 3.63) is 23.7 Å². The first-order chi connectivity index (χ1) is 7.77. The summed E-state index contributed by atoms with van der Waals surface area (Å²) in [6.07, 6.45) is 3.97. The molecule has 0 aliphatic carbocycles. The van der Waals surface area contributed by atoms with Gasteiger partial charge in [-0.2, -0.15) is 11.8 Å². The van der Waals surface area contributed by atoms with Gasteiger partial charge < -0.3 is 14.8 Å². The van der Waals surface area contributed by atoms with Crippen molar-refractivity contribution in [1.82, 2.24) is 5.32 Å². The van der Waals surface area contributed by atoms with Crippen LogP contribution in [0.15, 0.2) is 16.7 Å². The Morgan fingerprint density at radius 2 is 2.56 bits per heavy atom. The topological polar surface area (TPSA) is 62.5 Å². The number of carboxylic acids is 1. The highest BCUT2D eigenvalue weighted by atomic mass is 32.2. The van der Waals surface area contributed by atoms with Crippen molar-refractivity contribution in [2.75, 3.05) is 12.3 Å². The number of carbonyl (C=O) groups is 1. The summed E-state index contributed by atoms with van der Waals surface area (Å²) in [5.74, 6) is 0.293. The average Bonchev–Trinajstić information content (AvgIpc) is 2.87. The summed E-state index contributed by atoms with van der Waals surface area (Å²) >= 11 is 1.99. The van der Waals surface area contributed by atoms with E-state index in [0.29, 0.717) is 11.8 Å². The van der Waals surface area contributed by atoms with Crippen LogP contribution in [0.25, 0.3) is 0 Å². The van der Waals surface area contributed by atoms with Gasteiger partial charge in [0.15, 0.2) is 0 Å². The lowest BCUT2D eigenvalue weighted by Gasteiger charge is -2.09. The van der Waals surface area contributed by atoms with Gasteiger partial charge in [0.1, 0.15) is 0 Å². The molecule has 0 saturated carbocycles. The van der Waals surface area contributed by atoms with Gasteiger partial charge in [-0.15, -0.1) is 0 Å². The zero-order valence-electron chi connectivity index (χ0n) is 8.94. The highest BCUT2D eigenvalue weighted by molar-refractivity contribution is 8.00. The van der Waals surface area contributed by atoms with Crippen LogP contribution < -0.4 is 5.32 Å². The maximum Gasteiger partial charge on any atom is 0.372 e. The second-order valence-electron chi connectivity index (χ2n) is 3.85. The van der Waals surface area contributed by atoms with E-state index >= 15 is 0 Å². The van der Waals surface area contributed by atoms with Crippen molar-refractivity contribution >= 4 is 17.7 Å². The number of aromatic carboxylic acids is 1. The predicted molar refractivity (Wildman–Crippen MR) is 62.9 cm³/mol. The molecule has 88 valence electrons. The largest absolute Gasteiger partial charge is 0.475 e. The molecule has 16 heavy (non-hydrogen) atoms. The summed E-state index contributed by atoms with van der Waals surface area (Å²) in [7, 11) is 0. The summed E-state index contributed by atoms with van der Waals surface area (Å²) in [6.45, 7) is 1.50. The molecule has 1 aliphatic rings. The van der Waals surface area contributed by atoms with Crippen molar-refractivity contribution in [2.24, 2.45) is 0 Å². The molecule has 1 saturated heterocycles. The van der Waals surface area contributed by atoms with Gasteiger partial charge in [-0.25, -0.2) is 4.79 Å². The molecule has 2 rings (SSSR count). The molecule has 1 aromatic rings. The molecule has 0 bridgehead atoms. The molecule has 4 nitrogen and oxygen atoms in total. The van der Waals surface area contributed by atoms with E-state index in [0.717, 1.165) is 12.1 Å². The number of nitrogens with one attached hydrogen (secondary N) is 1. The lowest BCUT2D eigenvalue weighted by atomic mass is 10.2. The first-order valence-corrected chi connectivity index (χ1v) is 6.44. The van der Waals surface area contributed by atoms with Gasteiger partial charge in [-0.1, -0.05) is 0 Å². The van der Waals surface area contributed by atoms with Crippen LogP contribution in [0, 0.1) is 0 Å². The molecule has 1 fully saturated rings. The third-order valence-electron chi connectivity index (χ3n) is 2.65. The maximum atomic E-state index is 10.8. The molecular formula is C11H15NO3S. The van der Waals surface area contributed by atoms with Crippen LogP contribution in [0.5, 0.6) is 0 Å². The summed E-state index contributed by atoms with van der Waals surface area (Å²) in [6, 6.07) is 1.71. The van der Waals surface area contributed by atoms with Crippen LogP contribution in [0.1, 0.15) is 29.0 Å². The first kappa shape index (κ1) is 11.5. The van der Waals surface area contributed by atoms with Crippen molar-refractivity contribution in [3.8, 4) is 0 Å². The molecular weight excluding hydrogens is 226 g/mol. The second kappa shape index (κ2) is 5.41. The number of thioether (sulfide) groups is 1. The van der Waals surface area contributed by atoms with E-state index in [-0.39, 0.29) is 5.76 Å². The fourth-order valence-corrected chi connectivity index (χ4v) is 3.07. The quantitative estimate of drug-likeness (QED) is 0.825. The summed E-state index contributed by atoms with van der Waals surface area (Å²) < 4.78 is 4.90. The smallest absolute Gasteiger partial charge is 0.372 e. The van der Waals surface area contributed by atoms with Gasteiger partial charge in [0.2, 0.25) is 5.76 Å². The predicted octanol–water partition coefficient (Wildman–Crippen LogP) is 1.96. The second-order valence-corrected chi connectivity index (χ2v) is 5.25. The van der Waals surface area contributed by atoms with Crippen LogP contribution in [-0.4, -0.2) is 28.6 Å². The van der Waals surface area contributed by atoms with Crippen LogP contribution in [0.3, 0.4) is 0 Å². The average molecular weight is 241 g/mol. The molecule has 1 aromatic heterocycles. The minimum atomic E-state index is -1.00. The van der Waals surface area contributed by atoms with Crippen molar-refractivity contribution in [1.29, 1.82) is 0 Å². The van der Waals surface area contributed by atoms with Gasteiger partial charge in [-0.05, 0) is 24.7 Å². The number of carboxylic acid groups (broad SMARTS) is 1. The zero-order valence-corrected chi connectivity index (χ0v) is 9.76. The van der Waals surface area contributed by atoms with Crippen molar-refractivity contribution in [2.45, 2.75) is 24.6 Å². The molecule has 1 unspecified atom stereocenters. The molecule has 0 spiro atoms. The van der Waals surface area contributed by atoms with E-state index in [9.17, 15) is 4.79 Å². The number of hydrogen-bond acceptors (Lipinski definition) is 4. The van der Waals surface area contributed by atoms with E-state index in [1.165, 1.54) is 24.9 Å². The normalized spacial score (nSPS) is 20.1. The lowest BCUT2D eigenvalue weighted by Crippen LogP contribution is -2.23. The zero-order chi connectivity index (χ0) is 11.4. The molecule has 1 aliphatic heterocycles. The minimum Gasteiger partial charge on any atom is -0.475 e. The van der Waals surface area contributed by atoms with E-state index in [2.05, 4.69) is 5.32 Å². The van der Waals surface area contributed by atoms with Crippen LogP contribution >= 0.6 is 11.8 Å². The number of hydrogen-bond donors (Lipinski definition) is 2. The number of furan rings is 1. The van der Waals surface area contributed by atoms with Crippen LogP contribution in [-0.2, 0) is 6.54 Å². The Morgan fingerprint density at radius 3 is 3.25 bits per heavy atom. The van der Waals surface area contributed by atoms with Crippen LogP contribution in [0.4, 0.5) is 0 Å². The Morgan fingerprint density at radius 1 is 1.69 bits per heavy atom. The third-order valence-corrected chi connectivity index (χ3v) is 4.05. The van der Waals surface area contributed by atoms with E-state index in [1.807, 2.05) is 11.8 Å². The highest BCUT2D eigenvalue weighted by Crippen LogP contribution is 2.25. The standard InChI is InChI=1S/C11H15NO3S/c13-11(14)10-8(3-4-15-10)6-12-7-9-2-1-5-16-9/h3-4,9,12H,1-2,5-7H2,(H,13,14). The maximum absolute atomic E-state index is 10.8. The minimum absolute atomic E-state index is 0.0478. The Labute approximate surface area is 98.4 Å². The molecule has 5 heteroatoms. The fourth-order valence-electron chi connectivity index (χ4n) is 1.84. The summed E-state index contributed by atoms with van der Waals surface area (Å²) in [4.78, 5) is 10.8. The summed E-state index contributed by atoms with van der Waals surface area (Å²) in [5.41, 5.74) is 0.718. The Bertz CT molecular complexity index is 358. The highest BCUT2D eigenvalue weighted by Gasteiger charge is 2.16. The van der Waals surface area contributed by atoms with Gasteiger partial charge in [0.25, 0.3) is 0 Å². The molecule has 0 amide bonds. The fraction of sp³-hybridized carbons (Fsp3) is 0.545. The van der Waals surface area contributed by atoms with Gasteiger partial charge >= 0.3 is 5.97 Å². The molecule has 2 heterocycles. The molecule has 0 radical (unpaired) electrons. The summed E-state index contributed by atoms with van der Waals surface area (Å²) in [5, 5.41) is 12.8. The van der Waals surface area contributed by atoms with Crippen LogP contribution in [0.2, 0.25) is 0 Å². The van der Waals surface area contributed by atoms with Gasteiger partial charge in [-0.3, -0.25) is 0 Å². The molecule has 2 N–H and O–H groups in total. The van der Waals surface area contributed by atoms with E-state index < -0.39 is 5.97 Å². The van der Waals surface area contributed by atoms with Crippen molar-refractivity contribution < 1.29 is 14.3 Å². The van der Waals surface area contributed by atoms with Gasteiger partial charge in [0, 0.05) is 23.9 Å². The monoisotopic (exact) mass is 241 g/mol.